The third kappa shape index (κ3) is 6.41. The van der Waals surface area contributed by atoms with Gasteiger partial charge in [-0.05, 0) is 38.3 Å². The van der Waals surface area contributed by atoms with Gasteiger partial charge in [-0.1, -0.05) is 11.6 Å². The number of hydrogen-bond donors (Lipinski definition) is 2. The molecular weight excluding hydrogens is 390 g/mol. The Hall–Kier alpha value is -2.32. The van der Waals surface area contributed by atoms with Crippen molar-refractivity contribution in [3.8, 4) is 11.5 Å². The maximum absolute atomic E-state index is 12.3. The molecule has 0 saturated heterocycles. The van der Waals surface area contributed by atoms with Gasteiger partial charge in [-0.15, -0.1) is 11.3 Å². The van der Waals surface area contributed by atoms with E-state index >= 15 is 0 Å². The molecule has 0 unspecified atom stereocenters. The van der Waals surface area contributed by atoms with Crippen molar-refractivity contribution in [3.63, 3.8) is 0 Å². The zero-order valence-corrected chi connectivity index (χ0v) is 16.8. The Kier molecular flexibility index (Phi) is 7.87. The smallest absolute Gasteiger partial charge is 0.255 e. The number of carbonyl (C=O) groups is 2. The maximum Gasteiger partial charge on any atom is 0.255 e. The van der Waals surface area contributed by atoms with Crippen LogP contribution in [0, 0.1) is 6.92 Å². The van der Waals surface area contributed by atoms with E-state index in [-0.39, 0.29) is 29.0 Å². The summed E-state index contributed by atoms with van der Waals surface area (Å²) in [5.74, 6) is -0.467. The Balaban J connectivity index is 1.87. The maximum atomic E-state index is 12.3. The molecule has 0 atom stereocenters. The highest BCUT2D eigenvalue weighted by atomic mass is 35.5. The van der Waals surface area contributed by atoms with Gasteiger partial charge in [-0.2, -0.15) is 0 Å². The van der Waals surface area contributed by atoms with Gasteiger partial charge in [0, 0.05) is 23.2 Å². The number of rotatable bonds is 10. The normalized spacial score (nSPS) is 10.5. The molecule has 27 heavy (non-hydrogen) atoms. The third-order valence-corrected chi connectivity index (χ3v) is 4.93. The Bertz CT molecular complexity index is 810. The number of aryl methyl sites for hydroxylation is 2. The minimum absolute atomic E-state index is 0.167. The van der Waals surface area contributed by atoms with Gasteiger partial charge < -0.3 is 20.5 Å². The number of hydrogen-bond acceptors (Lipinski definition) is 6. The van der Waals surface area contributed by atoms with E-state index in [0.717, 1.165) is 30.0 Å². The van der Waals surface area contributed by atoms with E-state index in [4.69, 9.17) is 26.8 Å². The fraction of sp³-hybridized carbons (Fsp3) is 0.389. The SMILES string of the molecule is COc1cc(C(=O)NCCCCc2nc(C)cs2)cc(Cl)c1OCC(N)=O. The number of benzene rings is 1. The molecule has 1 aromatic carbocycles. The van der Waals surface area contributed by atoms with Gasteiger partial charge in [0.15, 0.2) is 18.1 Å². The van der Waals surface area contributed by atoms with Crippen LogP contribution >= 0.6 is 22.9 Å². The number of nitrogens with zero attached hydrogens (tertiary/aromatic N) is 1. The van der Waals surface area contributed by atoms with Crippen LogP contribution in [0.25, 0.3) is 0 Å². The van der Waals surface area contributed by atoms with Gasteiger partial charge >= 0.3 is 0 Å². The lowest BCUT2D eigenvalue weighted by atomic mass is 10.1. The third-order valence-electron chi connectivity index (χ3n) is 3.62. The van der Waals surface area contributed by atoms with Gasteiger partial charge in [0.05, 0.1) is 17.1 Å². The van der Waals surface area contributed by atoms with Crippen molar-refractivity contribution in [2.45, 2.75) is 26.2 Å². The highest BCUT2D eigenvalue weighted by molar-refractivity contribution is 7.09. The average molecular weight is 412 g/mol. The van der Waals surface area contributed by atoms with E-state index in [9.17, 15) is 9.59 Å². The van der Waals surface area contributed by atoms with Gasteiger partial charge in [0.25, 0.3) is 11.8 Å². The van der Waals surface area contributed by atoms with Crippen molar-refractivity contribution in [2.24, 2.45) is 5.73 Å². The zero-order chi connectivity index (χ0) is 19.8. The molecule has 0 aliphatic heterocycles. The van der Waals surface area contributed by atoms with E-state index in [2.05, 4.69) is 10.3 Å². The van der Waals surface area contributed by atoms with Crippen LogP contribution < -0.4 is 20.5 Å². The number of nitrogens with two attached hydrogens (primary N) is 1. The van der Waals surface area contributed by atoms with Crippen LogP contribution in [0.5, 0.6) is 11.5 Å². The number of primary amides is 1. The molecule has 2 rings (SSSR count). The van der Waals surface area contributed by atoms with Crippen LogP contribution in [0.1, 0.15) is 33.9 Å². The highest BCUT2D eigenvalue weighted by Crippen LogP contribution is 2.36. The van der Waals surface area contributed by atoms with E-state index in [1.54, 1.807) is 11.3 Å². The molecule has 9 heteroatoms. The van der Waals surface area contributed by atoms with Crippen LogP contribution in [-0.4, -0.2) is 37.1 Å². The number of aromatic nitrogens is 1. The molecule has 0 aliphatic rings. The quantitative estimate of drug-likeness (QED) is 0.585. The van der Waals surface area contributed by atoms with Crippen molar-refractivity contribution in [2.75, 3.05) is 20.3 Å². The van der Waals surface area contributed by atoms with Crippen molar-refractivity contribution < 1.29 is 19.1 Å². The first-order valence-corrected chi connectivity index (χ1v) is 9.64. The molecule has 0 spiro atoms. The summed E-state index contributed by atoms with van der Waals surface area (Å²) in [6, 6.07) is 2.98. The number of unbranched alkanes of at least 4 members (excludes halogenated alkanes) is 1. The number of ether oxygens (including phenoxy) is 2. The molecule has 2 amide bonds. The first-order chi connectivity index (χ1) is 12.9. The fourth-order valence-electron chi connectivity index (χ4n) is 2.36. The van der Waals surface area contributed by atoms with Crippen LogP contribution in [-0.2, 0) is 11.2 Å². The Morgan fingerprint density at radius 3 is 2.74 bits per heavy atom. The van der Waals surface area contributed by atoms with E-state index in [1.165, 1.54) is 19.2 Å². The molecule has 0 saturated carbocycles. The van der Waals surface area contributed by atoms with Crippen molar-refractivity contribution in [3.05, 3.63) is 38.8 Å². The lowest BCUT2D eigenvalue weighted by Gasteiger charge is -2.13. The van der Waals surface area contributed by atoms with Gasteiger partial charge in [-0.25, -0.2) is 4.98 Å². The number of halogens is 1. The summed E-state index contributed by atoms with van der Waals surface area (Å²) < 4.78 is 10.4. The van der Waals surface area contributed by atoms with Gasteiger partial charge in [0.2, 0.25) is 0 Å². The Labute approximate surface area is 166 Å². The number of carbonyl (C=O) groups excluding carboxylic acids is 2. The van der Waals surface area contributed by atoms with E-state index in [1.807, 2.05) is 12.3 Å². The number of methoxy groups -OCH3 is 1. The summed E-state index contributed by atoms with van der Waals surface area (Å²) in [5, 5.41) is 6.17. The molecule has 0 aliphatic carbocycles. The summed E-state index contributed by atoms with van der Waals surface area (Å²) in [6.45, 7) is 2.19. The van der Waals surface area contributed by atoms with Crippen molar-refractivity contribution >= 4 is 34.8 Å². The summed E-state index contributed by atoms with van der Waals surface area (Å²) in [6.07, 6.45) is 2.69. The molecular formula is C18H22ClN3O4S. The minimum atomic E-state index is -0.636. The number of thiazole rings is 1. The standard InChI is InChI=1S/C18H22ClN3O4S/c1-11-10-27-16(22-11)5-3-4-6-21-18(24)12-7-13(19)17(14(8-12)25-2)26-9-15(20)23/h7-8,10H,3-6,9H2,1-2H3,(H2,20,23)(H,21,24). The Morgan fingerprint density at radius 1 is 1.33 bits per heavy atom. The number of amides is 2. The molecule has 146 valence electrons. The van der Waals surface area contributed by atoms with Crippen LogP contribution in [0.2, 0.25) is 5.02 Å². The molecule has 2 aromatic rings. The molecule has 1 aromatic heterocycles. The summed E-state index contributed by atoms with van der Waals surface area (Å²) in [7, 11) is 1.42. The molecule has 1 heterocycles. The molecule has 7 nitrogen and oxygen atoms in total. The second-order valence-corrected chi connectivity index (χ2v) is 7.19. The van der Waals surface area contributed by atoms with Crippen molar-refractivity contribution in [1.82, 2.24) is 10.3 Å². The topological polar surface area (TPSA) is 104 Å². The van der Waals surface area contributed by atoms with E-state index < -0.39 is 5.91 Å². The molecule has 0 bridgehead atoms. The van der Waals surface area contributed by atoms with Gasteiger partial charge in [0.1, 0.15) is 0 Å². The summed E-state index contributed by atoms with van der Waals surface area (Å²) in [5.41, 5.74) is 6.45. The van der Waals surface area contributed by atoms with Crippen LogP contribution in [0.4, 0.5) is 0 Å². The minimum Gasteiger partial charge on any atom is -0.493 e. The summed E-state index contributed by atoms with van der Waals surface area (Å²) in [4.78, 5) is 27.6. The zero-order valence-electron chi connectivity index (χ0n) is 15.2. The predicted octanol–water partition coefficient (Wildman–Crippen LogP) is 2.73. The monoisotopic (exact) mass is 411 g/mol. The lowest BCUT2D eigenvalue weighted by molar-refractivity contribution is -0.119. The first-order valence-electron chi connectivity index (χ1n) is 8.38. The van der Waals surface area contributed by atoms with Crippen LogP contribution in [0.3, 0.4) is 0 Å². The predicted molar refractivity (Wildman–Crippen MR) is 105 cm³/mol. The largest absolute Gasteiger partial charge is 0.493 e. The second kappa shape index (κ2) is 10.1. The van der Waals surface area contributed by atoms with Crippen molar-refractivity contribution in [1.29, 1.82) is 0 Å². The molecule has 0 radical (unpaired) electrons. The Morgan fingerprint density at radius 2 is 2.11 bits per heavy atom. The lowest BCUT2D eigenvalue weighted by Crippen LogP contribution is -2.24. The van der Waals surface area contributed by atoms with Gasteiger partial charge in [-0.3, -0.25) is 9.59 Å². The highest BCUT2D eigenvalue weighted by Gasteiger charge is 2.16. The average Bonchev–Trinajstić information content (AvgIpc) is 3.04. The first kappa shape index (κ1) is 21.0. The molecule has 0 fully saturated rings. The van der Waals surface area contributed by atoms with Crippen LogP contribution in [0.15, 0.2) is 17.5 Å². The number of nitrogens with one attached hydrogen (secondary N) is 1. The second-order valence-electron chi connectivity index (χ2n) is 5.84. The van der Waals surface area contributed by atoms with E-state index in [0.29, 0.717) is 12.1 Å². The molecule has 3 N–H and O–H groups in total. The summed E-state index contributed by atoms with van der Waals surface area (Å²) >= 11 is 7.81. The fourth-order valence-corrected chi connectivity index (χ4v) is 3.44.